The molecule has 1 fully saturated rings. The molecule has 1 aromatic heterocycles. The number of aromatic amines is 1. The van der Waals surface area contributed by atoms with E-state index in [4.69, 9.17) is 4.74 Å². The molecule has 0 saturated heterocycles. The van der Waals surface area contributed by atoms with E-state index in [0.29, 0.717) is 18.7 Å². The minimum Gasteiger partial charge on any atom is -0.486 e. The van der Waals surface area contributed by atoms with Gasteiger partial charge in [-0.1, -0.05) is 18.2 Å². The molecule has 4 rings (SSSR count). The van der Waals surface area contributed by atoms with E-state index in [1.807, 2.05) is 24.3 Å². The second kappa shape index (κ2) is 7.35. The number of ether oxygens (including phenoxy) is 1. The van der Waals surface area contributed by atoms with Crippen LogP contribution in [0.5, 0.6) is 5.75 Å². The number of halogens is 1. The first-order valence-electron chi connectivity index (χ1n) is 8.82. The topological polar surface area (TPSA) is 113 Å². The molecule has 28 heavy (non-hydrogen) atoms. The van der Waals surface area contributed by atoms with Gasteiger partial charge in [-0.3, -0.25) is 4.79 Å². The van der Waals surface area contributed by atoms with Gasteiger partial charge in [0.2, 0.25) is 5.82 Å². The third kappa shape index (κ3) is 3.70. The summed E-state index contributed by atoms with van der Waals surface area (Å²) in [6, 6.07) is 11.5. The molecule has 2 aromatic carbocycles. The van der Waals surface area contributed by atoms with Gasteiger partial charge in [0.25, 0.3) is 5.91 Å². The van der Waals surface area contributed by atoms with E-state index in [1.165, 1.54) is 18.2 Å². The van der Waals surface area contributed by atoms with E-state index in [9.17, 15) is 14.3 Å². The normalized spacial score (nSPS) is 14.9. The van der Waals surface area contributed by atoms with Gasteiger partial charge in [-0.2, -0.15) is 5.21 Å². The number of aliphatic hydroxyl groups is 1. The Morgan fingerprint density at radius 3 is 2.82 bits per heavy atom. The quantitative estimate of drug-likeness (QED) is 0.603. The zero-order chi connectivity index (χ0) is 19.6. The van der Waals surface area contributed by atoms with E-state index in [2.05, 4.69) is 25.9 Å². The number of H-pyrrole nitrogens is 1. The predicted molar refractivity (Wildman–Crippen MR) is 97.8 cm³/mol. The number of amides is 1. The van der Waals surface area contributed by atoms with Gasteiger partial charge in [-0.25, -0.2) is 4.39 Å². The molecular weight excluding hydrogens is 365 g/mol. The van der Waals surface area contributed by atoms with Crippen molar-refractivity contribution in [2.45, 2.75) is 31.5 Å². The Morgan fingerprint density at radius 1 is 1.29 bits per heavy atom. The molecule has 1 heterocycles. The number of carbonyl (C=O) groups excluding carboxylic acids is 1. The smallest absolute Gasteiger partial charge is 0.256 e. The van der Waals surface area contributed by atoms with Crippen LogP contribution in [-0.2, 0) is 11.4 Å². The molecule has 0 aliphatic heterocycles. The fourth-order valence-corrected chi connectivity index (χ4v) is 2.93. The lowest BCUT2D eigenvalue weighted by Gasteiger charge is -2.34. The van der Waals surface area contributed by atoms with Crippen LogP contribution in [0.1, 0.15) is 24.8 Å². The summed E-state index contributed by atoms with van der Waals surface area (Å²) in [4.78, 5) is 12.0. The molecule has 1 aliphatic rings. The number of hydrogen-bond donors (Lipinski definition) is 3. The summed E-state index contributed by atoms with van der Waals surface area (Å²) in [6.45, 7) is 0.147. The number of aromatic nitrogens is 4. The lowest BCUT2D eigenvalue weighted by Crippen LogP contribution is -2.48. The monoisotopic (exact) mass is 383 g/mol. The van der Waals surface area contributed by atoms with Gasteiger partial charge in [0.05, 0.1) is 0 Å². The molecule has 3 aromatic rings. The van der Waals surface area contributed by atoms with Crippen molar-refractivity contribution in [3.63, 3.8) is 0 Å². The van der Waals surface area contributed by atoms with Crippen LogP contribution in [0.4, 0.5) is 10.1 Å². The first kappa shape index (κ1) is 18.1. The molecule has 3 N–H and O–H groups in total. The molecular formula is C19H18FN5O3. The van der Waals surface area contributed by atoms with Crippen LogP contribution in [0, 0.1) is 5.82 Å². The molecule has 0 unspecified atom stereocenters. The maximum atomic E-state index is 14.3. The third-order valence-corrected chi connectivity index (χ3v) is 4.72. The van der Waals surface area contributed by atoms with Crippen molar-refractivity contribution in [2.24, 2.45) is 0 Å². The maximum Gasteiger partial charge on any atom is 0.256 e. The molecule has 0 bridgehead atoms. The van der Waals surface area contributed by atoms with Gasteiger partial charge in [-0.15, -0.1) is 10.2 Å². The summed E-state index contributed by atoms with van der Waals surface area (Å²) >= 11 is 0. The van der Waals surface area contributed by atoms with E-state index in [1.54, 1.807) is 0 Å². The molecule has 1 aliphatic carbocycles. The van der Waals surface area contributed by atoms with Crippen molar-refractivity contribution in [1.29, 1.82) is 0 Å². The zero-order valence-electron chi connectivity index (χ0n) is 14.9. The van der Waals surface area contributed by atoms with Crippen LogP contribution in [-0.4, -0.2) is 37.2 Å². The molecule has 1 amide bonds. The summed E-state index contributed by atoms with van der Waals surface area (Å²) in [5.74, 6) is -0.593. The largest absolute Gasteiger partial charge is 0.486 e. The fraction of sp³-hybridized carbons (Fsp3) is 0.263. The van der Waals surface area contributed by atoms with Crippen LogP contribution in [0.25, 0.3) is 11.4 Å². The summed E-state index contributed by atoms with van der Waals surface area (Å²) in [6.07, 6.45) is 1.65. The van der Waals surface area contributed by atoms with Crippen LogP contribution in [0.15, 0.2) is 42.5 Å². The van der Waals surface area contributed by atoms with Crippen molar-refractivity contribution in [3.05, 3.63) is 53.8 Å². The Hall–Kier alpha value is -3.33. The van der Waals surface area contributed by atoms with Crippen molar-refractivity contribution < 1.29 is 19.0 Å². The number of nitrogens with one attached hydrogen (secondary N) is 2. The molecule has 1 saturated carbocycles. The Morgan fingerprint density at radius 2 is 2.14 bits per heavy atom. The Labute approximate surface area is 159 Å². The van der Waals surface area contributed by atoms with E-state index in [-0.39, 0.29) is 18.0 Å². The summed E-state index contributed by atoms with van der Waals surface area (Å²) in [5.41, 5.74) is 0.512. The number of tetrazole rings is 1. The Balaban J connectivity index is 1.40. The van der Waals surface area contributed by atoms with Crippen LogP contribution >= 0.6 is 0 Å². The van der Waals surface area contributed by atoms with Crippen LogP contribution in [0.3, 0.4) is 0 Å². The van der Waals surface area contributed by atoms with Crippen LogP contribution in [0.2, 0.25) is 0 Å². The van der Waals surface area contributed by atoms with Gasteiger partial charge in [-0.05, 0) is 48.2 Å². The molecule has 144 valence electrons. The lowest BCUT2D eigenvalue weighted by molar-refractivity contribution is -0.142. The number of rotatable bonds is 6. The number of hydrogen-bond acceptors (Lipinski definition) is 6. The second-order valence-electron chi connectivity index (χ2n) is 6.71. The van der Waals surface area contributed by atoms with Crippen molar-refractivity contribution in [2.75, 3.05) is 5.32 Å². The SMILES string of the molecule is O=C(Nc1ccc(OCc2cccc(-c3nn[nH]n3)c2)c(F)c1)C1(O)CCC1. The Bertz CT molecular complexity index is 989. The molecule has 0 radical (unpaired) electrons. The van der Waals surface area contributed by atoms with Gasteiger partial charge in [0.1, 0.15) is 12.2 Å². The second-order valence-corrected chi connectivity index (χ2v) is 6.71. The fourth-order valence-electron chi connectivity index (χ4n) is 2.93. The summed E-state index contributed by atoms with van der Waals surface area (Å²) in [7, 11) is 0. The van der Waals surface area contributed by atoms with E-state index < -0.39 is 17.3 Å². The van der Waals surface area contributed by atoms with E-state index >= 15 is 0 Å². The predicted octanol–water partition coefficient (Wildman–Crippen LogP) is 2.44. The van der Waals surface area contributed by atoms with Gasteiger partial charge >= 0.3 is 0 Å². The highest BCUT2D eigenvalue weighted by Crippen LogP contribution is 2.33. The van der Waals surface area contributed by atoms with E-state index in [0.717, 1.165) is 17.5 Å². The molecule has 8 nitrogen and oxygen atoms in total. The number of anilines is 1. The summed E-state index contributed by atoms with van der Waals surface area (Å²) < 4.78 is 19.9. The Kier molecular flexibility index (Phi) is 4.74. The third-order valence-electron chi connectivity index (χ3n) is 4.72. The van der Waals surface area contributed by atoms with Crippen molar-refractivity contribution in [3.8, 4) is 17.1 Å². The number of carbonyl (C=O) groups is 1. The first-order valence-corrected chi connectivity index (χ1v) is 8.82. The maximum absolute atomic E-state index is 14.3. The minimum atomic E-state index is -1.34. The number of benzene rings is 2. The first-order chi connectivity index (χ1) is 13.5. The highest BCUT2D eigenvalue weighted by molar-refractivity contribution is 5.97. The van der Waals surface area contributed by atoms with Gasteiger partial charge in [0, 0.05) is 17.3 Å². The highest BCUT2D eigenvalue weighted by Gasteiger charge is 2.42. The molecule has 9 heteroatoms. The van der Waals surface area contributed by atoms with Crippen molar-refractivity contribution in [1.82, 2.24) is 20.6 Å². The average molecular weight is 383 g/mol. The van der Waals surface area contributed by atoms with Crippen LogP contribution < -0.4 is 10.1 Å². The standard InChI is InChI=1S/C19H18FN5O3/c20-15-10-14(21-18(26)19(27)7-2-8-19)5-6-16(15)28-11-12-3-1-4-13(9-12)17-22-24-25-23-17/h1,3-6,9-10,27H,2,7-8,11H2,(H,21,26)(H,22,23,24,25). The van der Waals surface area contributed by atoms with Gasteiger partial charge < -0.3 is 15.2 Å². The molecule has 0 atom stereocenters. The number of nitrogens with zero attached hydrogens (tertiary/aromatic N) is 3. The minimum absolute atomic E-state index is 0.0605. The lowest BCUT2D eigenvalue weighted by atomic mass is 9.79. The average Bonchev–Trinajstić information content (AvgIpc) is 3.20. The molecule has 0 spiro atoms. The zero-order valence-corrected chi connectivity index (χ0v) is 14.9. The van der Waals surface area contributed by atoms with Gasteiger partial charge in [0.15, 0.2) is 11.6 Å². The highest BCUT2D eigenvalue weighted by atomic mass is 19.1. The van der Waals surface area contributed by atoms with Crippen molar-refractivity contribution >= 4 is 11.6 Å². The summed E-state index contributed by atoms with van der Waals surface area (Å²) in [5, 5.41) is 26.3.